The molecule has 1 fully saturated rings. The largest absolute Gasteiger partial charge is 0.452 e. The summed E-state index contributed by atoms with van der Waals surface area (Å²) < 4.78 is 5.19. The highest BCUT2D eigenvalue weighted by Crippen LogP contribution is 2.24. The number of carbonyl (C=O) groups is 3. The molecule has 0 radical (unpaired) electrons. The second-order valence-corrected chi connectivity index (χ2v) is 8.19. The number of esters is 1. The molecule has 0 atom stereocenters. The number of nitrogens with zero attached hydrogens (tertiary/aromatic N) is 1. The van der Waals surface area contributed by atoms with Gasteiger partial charge in [-0.3, -0.25) is 9.59 Å². The lowest BCUT2D eigenvalue weighted by Crippen LogP contribution is -2.39. The normalized spacial score (nSPS) is 19.2. The molecule has 0 heterocycles. The van der Waals surface area contributed by atoms with Crippen molar-refractivity contribution in [1.82, 2.24) is 10.2 Å². The molecule has 0 saturated heterocycles. The monoisotopic (exact) mass is 392 g/mol. The van der Waals surface area contributed by atoms with E-state index in [1.54, 1.807) is 38.4 Å². The number of hydrogen-bond acceptors (Lipinski definition) is 5. The van der Waals surface area contributed by atoms with Crippen molar-refractivity contribution in [2.45, 2.75) is 43.5 Å². The molecular formula is C20H28N2O4S. The molecule has 1 aliphatic carbocycles. The lowest BCUT2D eigenvalue weighted by Gasteiger charge is -2.26. The van der Waals surface area contributed by atoms with Crippen molar-refractivity contribution in [2.75, 3.05) is 26.5 Å². The second-order valence-electron chi connectivity index (χ2n) is 7.17. The summed E-state index contributed by atoms with van der Waals surface area (Å²) in [5.74, 6) is 0.0880. The number of benzene rings is 1. The van der Waals surface area contributed by atoms with Gasteiger partial charge in [-0.15, -0.1) is 11.8 Å². The standard InChI is InChI=1S/C20H28N2O4S/c1-14-8-10-15(11-9-14)21-18(23)12-26-20(25)16-6-4-5-7-17(16)27-13-19(24)22(2)3/h4-7,14-15H,8-13H2,1-3H3,(H,21,23). The van der Waals surface area contributed by atoms with Gasteiger partial charge in [-0.25, -0.2) is 4.79 Å². The van der Waals surface area contributed by atoms with Crippen LogP contribution in [0.15, 0.2) is 29.2 Å². The van der Waals surface area contributed by atoms with Gasteiger partial charge < -0.3 is 15.0 Å². The quantitative estimate of drug-likeness (QED) is 0.570. The van der Waals surface area contributed by atoms with Gasteiger partial charge in [0.15, 0.2) is 6.61 Å². The van der Waals surface area contributed by atoms with Crippen molar-refractivity contribution < 1.29 is 19.1 Å². The minimum absolute atomic E-state index is 0.0376. The molecule has 7 heteroatoms. The van der Waals surface area contributed by atoms with Crippen LogP contribution in [0.4, 0.5) is 0 Å². The van der Waals surface area contributed by atoms with Crippen LogP contribution in [-0.2, 0) is 14.3 Å². The van der Waals surface area contributed by atoms with Gasteiger partial charge in [0, 0.05) is 25.0 Å². The van der Waals surface area contributed by atoms with E-state index in [2.05, 4.69) is 12.2 Å². The third-order valence-electron chi connectivity index (χ3n) is 4.67. The van der Waals surface area contributed by atoms with Crippen LogP contribution in [0.25, 0.3) is 0 Å². The zero-order chi connectivity index (χ0) is 19.8. The number of carbonyl (C=O) groups excluding carboxylic acids is 3. The van der Waals surface area contributed by atoms with E-state index in [4.69, 9.17) is 4.74 Å². The van der Waals surface area contributed by atoms with E-state index in [0.717, 1.165) is 25.7 Å². The maximum atomic E-state index is 12.4. The van der Waals surface area contributed by atoms with E-state index in [0.29, 0.717) is 16.4 Å². The highest BCUT2D eigenvalue weighted by Gasteiger charge is 2.21. The number of ether oxygens (including phenoxy) is 1. The minimum atomic E-state index is -0.553. The van der Waals surface area contributed by atoms with Crippen LogP contribution >= 0.6 is 11.8 Å². The van der Waals surface area contributed by atoms with Gasteiger partial charge in [0.2, 0.25) is 5.91 Å². The van der Waals surface area contributed by atoms with Gasteiger partial charge in [-0.2, -0.15) is 0 Å². The molecule has 0 aliphatic heterocycles. The first-order valence-electron chi connectivity index (χ1n) is 9.25. The van der Waals surface area contributed by atoms with Gasteiger partial charge >= 0.3 is 5.97 Å². The molecule has 2 rings (SSSR count). The van der Waals surface area contributed by atoms with Crippen LogP contribution in [0.5, 0.6) is 0 Å². The molecular weight excluding hydrogens is 364 g/mol. The molecule has 6 nitrogen and oxygen atoms in total. The van der Waals surface area contributed by atoms with Crippen molar-refractivity contribution in [3.8, 4) is 0 Å². The molecule has 0 bridgehead atoms. The number of rotatable bonds is 7. The van der Waals surface area contributed by atoms with Crippen molar-refractivity contribution in [2.24, 2.45) is 5.92 Å². The van der Waals surface area contributed by atoms with Crippen molar-refractivity contribution in [3.05, 3.63) is 29.8 Å². The summed E-state index contributed by atoms with van der Waals surface area (Å²) in [7, 11) is 3.38. The molecule has 0 unspecified atom stereocenters. The van der Waals surface area contributed by atoms with Crippen LogP contribution < -0.4 is 5.32 Å². The van der Waals surface area contributed by atoms with E-state index in [9.17, 15) is 14.4 Å². The number of nitrogens with one attached hydrogen (secondary N) is 1. The summed E-state index contributed by atoms with van der Waals surface area (Å²) in [6, 6.07) is 7.12. The Morgan fingerprint density at radius 1 is 1.15 bits per heavy atom. The average Bonchev–Trinajstić information content (AvgIpc) is 2.66. The van der Waals surface area contributed by atoms with Gasteiger partial charge in [0.25, 0.3) is 5.91 Å². The Morgan fingerprint density at radius 2 is 1.81 bits per heavy atom. The molecule has 1 aromatic rings. The topological polar surface area (TPSA) is 75.7 Å². The zero-order valence-corrected chi connectivity index (χ0v) is 17.0. The molecule has 0 aromatic heterocycles. The van der Waals surface area contributed by atoms with Crippen LogP contribution in [0, 0.1) is 5.92 Å². The highest BCUT2D eigenvalue weighted by molar-refractivity contribution is 8.00. The first kappa shape index (κ1) is 21.3. The smallest absolute Gasteiger partial charge is 0.339 e. The van der Waals surface area contributed by atoms with E-state index in [-0.39, 0.29) is 30.2 Å². The molecule has 1 saturated carbocycles. The molecule has 0 spiro atoms. The summed E-state index contributed by atoms with van der Waals surface area (Å²) >= 11 is 1.28. The fourth-order valence-electron chi connectivity index (χ4n) is 2.91. The SMILES string of the molecule is CC1CCC(NC(=O)COC(=O)c2ccccc2SCC(=O)N(C)C)CC1. The van der Waals surface area contributed by atoms with Crippen LogP contribution in [-0.4, -0.2) is 55.2 Å². The Labute approximate surface area is 165 Å². The van der Waals surface area contributed by atoms with E-state index in [1.165, 1.54) is 16.7 Å². The van der Waals surface area contributed by atoms with E-state index >= 15 is 0 Å². The molecule has 27 heavy (non-hydrogen) atoms. The Morgan fingerprint density at radius 3 is 2.48 bits per heavy atom. The summed E-state index contributed by atoms with van der Waals surface area (Å²) in [4.78, 5) is 38.4. The number of hydrogen-bond donors (Lipinski definition) is 1. The van der Waals surface area contributed by atoms with Gasteiger partial charge in [0.05, 0.1) is 11.3 Å². The highest BCUT2D eigenvalue weighted by atomic mass is 32.2. The Hall–Kier alpha value is -2.02. The molecule has 1 N–H and O–H groups in total. The summed E-state index contributed by atoms with van der Waals surface area (Å²) in [6.45, 7) is 1.93. The fourth-order valence-corrected chi connectivity index (χ4v) is 3.93. The van der Waals surface area contributed by atoms with Crippen molar-refractivity contribution in [3.63, 3.8) is 0 Å². The average molecular weight is 393 g/mol. The third kappa shape index (κ3) is 6.90. The molecule has 1 aromatic carbocycles. The Bertz CT molecular complexity index is 670. The minimum Gasteiger partial charge on any atom is -0.452 e. The van der Waals surface area contributed by atoms with Crippen molar-refractivity contribution >= 4 is 29.5 Å². The van der Waals surface area contributed by atoms with Crippen LogP contribution in [0.2, 0.25) is 0 Å². The van der Waals surface area contributed by atoms with Gasteiger partial charge in [0.1, 0.15) is 0 Å². The third-order valence-corrected chi connectivity index (χ3v) is 5.73. The van der Waals surface area contributed by atoms with Gasteiger partial charge in [-0.05, 0) is 43.7 Å². The Kier molecular flexibility index (Phi) is 8.16. The predicted molar refractivity (Wildman–Crippen MR) is 106 cm³/mol. The summed E-state index contributed by atoms with van der Waals surface area (Å²) in [6.07, 6.45) is 4.17. The van der Waals surface area contributed by atoms with E-state index in [1.807, 2.05) is 0 Å². The molecule has 2 amide bonds. The maximum absolute atomic E-state index is 12.4. The van der Waals surface area contributed by atoms with Crippen LogP contribution in [0.1, 0.15) is 43.0 Å². The maximum Gasteiger partial charge on any atom is 0.339 e. The first-order chi connectivity index (χ1) is 12.9. The van der Waals surface area contributed by atoms with E-state index < -0.39 is 5.97 Å². The lowest BCUT2D eigenvalue weighted by atomic mass is 9.87. The first-order valence-corrected chi connectivity index (χ1v) is 10.2. The lowest BCUT2D eigenvalue weighted by molar-refractivity contribution is -0.126. The van der Waals surface area contributed by atoms with Gasteiger partial charge in [-0.1, -0.05) is 19.1 Å². The zero-order valence-electron chi connectivity index (χ0n) is 16.2. The molecule has 1 aliphatic rings. The van der Waals surface area contributed by atoms with Crippen LogP contribution in [0.3, 0.4) is 0 Å². The number of amides is 2. The summed E-state index contributed by atoms with van der Waals surface area (Å²) in [5.41, 5.74) is 0.369. The van der Waals surface area contributed by atoms with Crippen molar-refractivity contribution in [1.29, 1.82) is 0 Å². The molecule has 148 valence electrons. The predicted octanol–water partition coefficient (Wildman–Crippen LogP) is 2.72. The Balaban J connectivity index is 1.84. The summed E-state index contributed by atoms with van der Waals surface area (Å²) in [5, 5.41) is 2.94. The fraction of sp³-hybridized carbons (Fsp3) is 0.550. The second kappa shape index (κ2) is 10.3. The number of thioether (sulfide) groups is 1.